The van der Waals surface area contributed by atoms with Gasteiger partial charge in [0.25, 0.3) is 11.8 Å². The summed E-state index contributed by atoms with van der Waals surface area (Å²) in [6.45, 7) is -0.281. The van der Waals surface area contributed by atoms with E-state index < -0.39 is 28.3 Å². The molecule has 2 fully saturated rings. The molecule has 1 heterocycles. The van der Waals surface area contributed by atoms with Crippen LogP contribution in [-0.2, 0) is 16.2 Å². The Kier molecular flexibility index (Phi) is 5.20. The summed E-state index contributed by atoms with van der Waals surface area (Å²) in [5, 5.41) is 16.5. The average Bonchev–Trinajstić information content (AvgIpc) is 3.46. The maximum atomic E-state index is 14.0. The van der Waals surface area contributed by atoms with Crippen molar-refractivity contribution in [3.05, 3.63) is 80.6 Å². The topological polar surface area (TPSA) is 102 Å². The third-order valence-corrected chi connectivity index (χ3v) is 6.57. The Bertz CT molecular complexity index is 1220. The van der Waals surface area contributed by atoms with Crippen LogP contribution in [0.3, 0.4) is 0 Å². The maximum Gasteiger partial charge on any atom is 0.313 e. The van der Waals surface area contributed by atoms with Gasteiger partial charge in [-0.1, -0.05) is 42.0 Å². The Balaban J connectivity index is 1.46. The fraction of sp³-hybridized carbons (Fsp3) is 0.261. The number of allylic oxidation sites excluding steroid dienone is 2. The van der Waals surface area contributed by atoms with Crippen LogP contribution in [0, 0.1) is 39.6 Å². The van der Waals surface area contributed by atoms with Crippen molar-refractivity contribution in [3.63, 3.8) is 0 Å². The SMILES string of the molecule is O=C1[C@@H]2[C@H](C(=O)N1N=Cc1cc(Cl)cc([N+](=O)[O-])c1OCc1ccccc1F)[C@H]1C=C[C@H]2C1. The lowest BCUT2D eigenvalue weighted by Crippen LogP contribution is -2.28. The van der Waals surface area contributed by atoms with Gasteiger partial charge in [0, 0.05) is 22.2 Å². The molecule has 0 spiro atoms. The quantitative estimate of drug-likeness (QED) is 0.208. The van der Waals surface area contributed by atoms with E-state index >= 15 is 0 Å². The Labute approximate surface area is 192 Å². The number of nitro groups is 1. The predicted octanol–water partition coefficient (Wildman–Crippen LogP) is 4.11. The molecule has 2 aromatic rings. The second kappa shape index (κ2) is 8.08. The Morgan fingerprint density at radius 3 is 2.48 bits per heavy atom. The maximum absolute atomic E-state index is 14.0. The van der Waals surface area contributed by atoms with Crippen molar-refractivity contribution in [2.75, 3.05) is 0 Å². The van der Waals surface area contributed by atoms with Crippen molar-refractivity contribution in [2.24, 2.45) is 28.8 Å². The fourth-order valence-electron chi connectivity index (χ4n) is 4.87. The minimum absolute atomic E-state index is 0.0311. The summed E-state index contributed by atoms with van der Waals surface area (Å²) in [5.74, 6) is -2.27. The highest BCUT2D eigenvalue weighted by atomic mass is 35.5. The van der Waals surface area contributed by atoms with Crippen molar-refractivity contribution in [3.8, 4) is 5.75 Å². The van der Waals surface area contributed by atoms with Gasteiger partial charge in [-0.2, -0.15) is 10.1 Å². The van der Waals surface area contributed by atoms with Crippen molar-refractivity contribution >= 4 is 35.3 Å². The summed E-state index contributed by atoms with van der Waals surface area (Å²) in [7, 11) is 0. The molecule has 1 saturated carbocycles. The first-order valence-corrected chi connectivity index (χ1v) is 10.7. The van der Waals surface area contributed by atoms with E-state index in [0.29, 0.717) is 0 Å². The molecule has 10 heteroatoms. The van der Waals surface area contributed by atoms with Gasteiger partial charge in [0.1, 0.15) is 12.4 Å². The van der Waals surface area contributed by atoms with Gasteiger partial charge in [0.15, 0.2) is 0 Å². The number of hydrazone groups is 1. The highest BCUT2D eigenvalue weighted by molar-refractivity contribution is 6.31. The van der Waals surface area contributed by atoms with Crippen molar-refractivity contribution < 1.29 is 23.6 Å². The second-order valence-electron chi connectivity index (χ2n) is 8.21. The number of carbonyl (C=O) groups excluding carboxylic acids is 2. The number of nitro benzene ring substituents is 1. The van der Waals surface area contributed by atoms with E-state index in [2.05, 4.69) is 5.10 Å². The van der Waals surface area contributed by atoms with E-state index in [1.807, 2.05) is 12.2 Å². The van der Waals surface area contributed by atoms with Crippen LogP contribution in [0.5, 0.6) is 5.75 Å². The molecule has 0 unspecified atom stereocenters. The molecule has 8 nitrogen and oxygen atoms in total. The number of nitrogens with zero attached hydrogens (tertiary/aromatic N) is 3. The first-order chi connectivity index (χ1) is 15.8. The molecule has 1 aliphatic heterocycles. The van der Waals surface area contributed by atoms with Gasteiger partial charge in [0.05, 0.1) is 23.0 Å². The predicted molar refractivity (Wildman–Crippen MR) is 116 cm³/mol. The molecule has 1 saturated heterocycles. The molecule has 2 amide bonds. The highest BCUT2D eigenvalue weighted by Gasteiger charge is 2.59. The summed E-state index contributed by atoms with van der Waals surface area (Å²) in [6.07, 6.45) is 5.87. The smallest absolute Gasteiger partial charge is 0.313 e. The van der Waals surface area contributed by atoms with Crippen LogP contribution in [-0.4, -0.2) is 28.0 Å². The standard InChI is InChI=1S/C23H17ClFN3O5/c24-16-8-15(10-26-27-22(29)19-12-5-6-13(7-12)20(19)23(27)30)21(18(9-16)28(31)32)33-11-14-3-1-2-4-17(14)25/h1-6,8-10,12-13,19-20H,7,11H2/t12-,13-,19-,20+/m0/s1. The average molecular weight is 470 g/mol. The number of benzene rings is 2. The molecule has 0 radical (unpaired) electrons. The number of imide groups is 1. The molecule has 5 rings (SSSR count). The van der Waals surface area contributed by atoms with Gasteiger partial charge >= 0.3 is 5.69 Å². The lowest BCUT2D eigenvalue weighted by molar-refractivity contribution is -0.385. The second-order valence-corrected chi connectivity index (χ2v) is 8.65. The van der Waals surface area contributed by atoms with Gasteiger partial charge in [0.2, 0.25) is 5.75 Å². The van der Waals surface area contributed by atoms with Gasteiger partial charge in [-0.25, -0.2) is 4.39 Å². The number of hydrogen-bond donors (Lipinski definition) is 0. The first-order valence-electron chi connectivity index (χ1n) is 10.3. The van der Waals surface area contributed by atoms with Crippen LogP contribution in [0.1, 0.15) is 17.5 Å². The highest BCUT2D eigenvalue weighted by Crippen LogP contribution is 2.52. The van der Waals surface area contributed by atoms with Crippen LogP contribution in [0.15, 0.2) is 53.7 Å². The van der Waals surface area contributed by atoms with E-state index in [4.69, 9.17) is 16.3 Å². The first kappa shape index (κ1) is 21.3. The molecular weight excluding hydrogens is 453 g/mol. The summed E-state index contributed by atoms with van der Waals surface area (Å²) < 4.78 is 19.6. The van der Waals surface area contributed by atoms with Gasteiger partial charge in [-0.15, -0.1) is 0 Å². The summed E-state index contributed by atoms with van der Waals surface area (Å²) in [6, 6.07) is 8.35. The lowest BCUT2D eigenvalue weighted by Gasteiger charge is -2.13. The molecule has 3 aliphatic rings. The number of carbonyl (C=O) groups is 2. The third kappa shape index (κ3) is 3.58. The zero-order valence-corrected chi connectivity index (χ0v) is 17.8. The minimum Gasteiger partial charge on any atom is -0.481 e. The number of ether oxygens (including phenoxy) is 1. The number of fused-ring (bicyclic) bond motifs is 5. The Morgan fingerprint density at radius 1 is 1.18 bits per heavy atom. The van der Waals surface area contributed by atoms with Crippen molar-refractivity contribution in [2.45, 2.75) is 13.0 Å². The number of hydrogen-bond acceptors (Lipinski definition) is 6. The zero-order valence-electron chi connectivity index (χ0n) is 17.1. The largest absolute Gasteiger partial charge is 0.481 e. The normalized spacial score (nSPS) is 25.3. The van der Waals surface area contributed by atoms with E-state index in [1.165, 1.54) is 24.3 Å². The third-order valence-electron chi connectivity index (χ3n) is 6.35. The van der Waals surface area contributed by atoms with E-state index in [9.17, 15) is 24.1 Å². The molecule has 0 aromatic heterocycles. The molecule has 33 heavy (non-hydrogen) atoms. The summed E-state index contributed by atoms with van der Waals surface area (Å²) in [5.41, 5.74) is -0.159. The molecule has 4 atom stereocenters. The number of rotatable bonds is 6. The van der Waals surface area contributed by atoms with Crippen LogP contribution < -0.4 is 4.74 Å². The van der Waals surface area contributed by atoms with Crippen LogP contribution in [0.2, 0.25) is 5.02 Å². The molecular formula is C23H17ClFN3O5. The summed E-state index contributed by atoms with van der Waals surface area (Å²) >= 11 is 6.05. The number of halogens is 2. The number of amides is 2. The fourth-order valence-corrected chi connectivity index (χ4v) is 5.10. The molecule has 2 bridgehead atoms. The summed E-state index contributed by atoms with van der Waals surface area (Å²) in [4.78, 5) is 36.6. The molecule has 2 aliphatic carbocycles. The van der Waals surface area contributed by atoms with Gasteiger partial charge in [-0.3, -0.25) is 19.7 Å². The monoisotopic (exact) mass is 469 g/mol. The van der Waals surface area contributed by atoms with E-state index in [0.717, 1.165) is 23.7 Å². The van der Waals surface area contributed by atoms with Crippen molar-refractivity contribution in [1.29, 1.82) is 0 Å². The van der Waals surface area contributed by atoms with Crippen LogP contribution in [0.25, 0.3) is 0 Å². The van der Waals surface area contributed by atoms with Crippen LogP contribution in [0.4, 0.5) is 10.1 Å². The van der Waals surface area contributed by atoms with E-state index in [-0.39, 0.29) is 52.2 Å². The minimum atomic E-state index is -0.681. The Hall–Kier alpha value is -3.59. The molecule has 168 valence electrons. The lowest BCUT2D eigenvalue weighted by atomic mass is 9.85. The van der Waals surface area contributed by atoms with Crippen molar-refractivity contribution in [1.82, 2.24) is 5.01 Å². The van der Waals surface area contributed by atoms with Gasteiger partial charge < -0.3 is 4.74 Å². The van der Waals surface area contributed by atoms with Gasteiger partial charge in [-0.05, 0) is 30.4 Å². The zero-order chi connectivity index (χ0) is 23.3. The van der Waals surface area contributed by atoms with Crippen LogP contribution >= 0.6 is 11.6 Å². The van der Waals surface area contributed by atoms with E-state index in [1.54, 1.807) is 6.07 Å². The molecule has 0 N–H and O–H groups in total. The molecule has 2 aromatic carbocycles. The Morgan fingerprint density at radius 2 is 1.85 bits per heavy atom.